The zero-order valence-electron chi connectivity index (χ0n) is 14.6. The number of sulfonamides is 1. The number of rotatable bonds is 3. The molecule has 1 saturated carbocycles. The molecule has 7 nitrogen and oxygen atoms in total. The number of morpholine rings is 1. The third kappa shape index (κ3) is 2.42. The van der Waals surface area contributed by atoms with E-state index in [1.54, 1.807) is 12.4 Å². The molecule has 1 spiro atoms. The van der Waals surface area contributed by atoms with Gasteiger partial charge in [0, 0.05) is 37.9 Å². The zero-order chi connectivity index (χ0) is 17.9. The van der Waals surface area contributed by atoms with Crippen molar-refractivity contribution in [2.24, 2.45) is 5.92 Å². The van der Waals surface area contributed by atoms with E-state index < -0.39 is 20.9 Å². The predicted molar refractivity (Wildman–Crippen MR) is 93.5 cm³/mol. The first-order chi connectivity index (χ1) is 12.5. The lowest BCUT2D eigenvalue weighted by molar-refractivity contribution is -0.157. The summed E-state index contributed by atoms with van der Waals surface area (Å²) in [4.78, 5) is 18.6. The Morgan fingerprint density at radius 2 is 2.04 bits per heavy atom. The molecule has 1 amide bonds. The number of hydrogen-bond donors (Lipinski definition) is 0. The number of fused-ring (bicyclic) bond motifs is 1. The van der Waals surface area contributed by atoms with Crippen molar-refractivity contribution in [3.8, 4) is 0 Å². The number of likely N-dealkylation sites (tertiary alicyclic amines) is 1. The smallest absolute Gasteiger partial charge is 0.225 e. The number of amides is 1. The van der Waals surface area contributed by atoms with Crippen molar-refractivity contribution in [1.82, 2.24) is 14.2 Å². The fourth-order valence-corrected chi connectivity index (χ4v) is 7.16. The maximum Gasteiger partial charge on any atom is 0.225 e. The average Bonchev–Trinajstić information content (AvgIpc) is 2.93. The lowest BCUT2D eigenvalue weighted by Gasteiger charge is -2.42. The average molecular weight is 377 g/mol. The lowest BCUT2D eigenvalue weighted by atomic mass is 9.84. The molecule has 5 rings (SSSR count). The minimum absolute atomic E-state index is 0.133. The van der Waals surface area contributed by atoms with Gasteiger partial charge in [-0.2, -0.15) is 4.31 Å². The largest absolute Gasteiger partial charge is 0.365 e. The Morgan fingerprint density at radius 3 is 2.73 bits per heavy atom. The van der Waals surface area contributed by atoms with Gasteiger partial charge in [-0.05, 0) is 37.0 Å². The molecule has 4 heterocycles. The van der Waals surface area contributed by atoms with Crippen molar-refractivity contribution >= 4 is 15.9 Å². The van der Waals surface area contributed by atoms with E-state index in [0.29, 0.717) is 32.6 Å². The Morgan fingerprint density at radius 1 is 1.27 bits per heavy atom. The number of hydrogen-bond acceptors (Lipinski definition) is 5. The summed E-state index contributed by atoms with van der Waals surface area (Å²) in [5, 5.41) is -0.541. The molecule has 3 aliphatic heterocycles. The predicted octanol–water partition coefficient (Wildman–Crippen LogP) is 0.766. The van der Waals surface area contributed by atoms with Crippen LogP contribution in [0.5, 0.6) is 0 Å². The zero-order valence-corrected chi connectivity index (χ0v) is 15.4. The standard InChI is InChI=1S/C18H23N3O4S/c22-17(14-2-1-3-14)20-10-15-8-16-18(11-20,25-15)12-21(26(16,23)24)9-13-4-6-19-7-5-13/h4-7,14-16H,1-3,8-12H2/t15-,16+,18+/m0/s1. The lowest BCUT2D eigenvalue weighted by Crippen LogP contribution is -2.57. The van der Waals surface area contributed by atoms with Crippen LogP contribution >= 0.6 is 0 Å². The van der Waals surface area contributed by atoms with Gasteiger partial charge in [0.2, 0.25) is 15.9 Å². The van der Waals surface area contributed by atoms with Crippen molar-refractivity contribution in [3.63, 3.8) is 0 Å². The van der Waals surface area contributed by atoms with E-state index in [1.165, 1.54) is 4.31 Å². The van der Waals surface area contributed by atoms with Crippen LogP contribution in [-0.2, 0) is 26.1 Å². The molecule has 3 atom stereocenters. The van der Waals surface area contributed by atoms with Crippen molar-refractivity contribution in [1.29, 1.82) is 0 Å². The molecule has 0 N–H and O–H groups in total. The molecule has 2 bridgehead atoms. The van der Waals surface area contributed by atoms with Gasteiger partial charge in [0.1, 0.15) is 10.9 Å². The van der Waals surface area contributed by atoms with Gasteiger partial charge in [-0.15, -0.1) is 0 Å². The number of pyridine rings is 1. The summed E-state index contributed by atoms with van der Waals surface area (Å²) in [6, 6.07) is 3.66. The monoisotopic (exact) mass is 377 g/mol. The van der Waals surface area contributed by atoms with E-state index in [1.807, 2.05) is 17.0 Å². The molecule has 1 aliphatic carbocycles. The van der Waals surface area contributed by atoms with E-state index in [0.717, 1.165) is 24.8 Å². The normalized spacial score (nSPS) is 35.9. The van der Waals surface area contributed by atoms with E-state index in [9.17, 15) is 13.2 Å². The van der Waals surface area contributed by atoms with Crippen LogP contribution in [0.3, 0.4) is 0 Å². The van der Waals surface area contributed by atoms with Crippen LogP contribution in [0.4, 0.5) is 0 Å². The second-order valence-corrected chi connectivity index (χ2v) is 10.2. The second kappa shape index (κ2) is 5.74. The number of carbonyl (C=O) groups is 1. The first-order valence-electron chi connectivity index (χ1n) is 9.32. The van der Waals surface area contributed by atoms with E-state index in [2.05, 4.69) is 4.98 Å². The quantitative estimate of drug-likeness (QED) is 0.777. The number of carbonyl (C=O) groups excluding carboxylic acids is 1. The van der Waals surface area contributed by atoms with Crippen LogP contribution in [0.25, 0.3) is 0 Å². The number of aromatic nitrogens is 1. The van der Waals surface area contributed by atoms with Crippen molar-refractivity contribution < 1.29 is 17.9 Å². The van der Waals surface area contributed by atoms with E-state index in [4.69, 9.17) is 4.74 Å². The van der Waals surface area contributed by atoms with Gasteiger partial charge in [0.25, 0.3) is 0 Å². The summed E-state index contributed by atoms with van der Waals surface area (Å²) in [7, 11) is -3.44. The fourth-order valence-electron chi connectivity index (χ4n) is 4.86. The molecule has 1 aromatic heterocycles. The SMILES string of the molecule is O=C(C1CCC1)N1C[C@@H]2C[C@@H]3[C@@](C1)(CN(Cc1ccncc1)S3(=O)=O)O2. The molecule has 0 radical (unpaired) electrons. The van der Waals surface area contributed by atoms with Gasteiger partial charge in [0.05, 0.1) is 12.6 Å². The van der Waals surface area contributed by atoms with Gasteiger partial charge in [-0.25, -0.2) is 8.42 Å². The van der Waals surface area contributed by atoms with Crippen molar-refractivity contribution in [2.75, 3.05) is 19.6 Å². The molecule has 0 unspecified atom stereocenters. The van der Waals surface area contributed by atoms with E-state index >= 15 is 0 Å². The molecule has 26 heavy (non-hydrogen) atoms. The van der Waals surface area contributed by atoms with Crippen molar-refractivity contribution in [2.45, 2.75) is 49.2 Å². The Bertz CT molecular complexity index is 826. The molecular weight excluding hydrogens is 354 g/mol. The Hall–Kier alpha value is -1.51. The van der Waals surface area contributed by atoms with Gasteiger partial charge in [-0.3, -0.25) is 9.78 Å². The van der Waals surface area contributed by atoms with Crippen LogP contribution in [0.1, 0.15) is 31.2 Å². The van der Waals surface area contributed by atoms with Crippen LogP contribution in [0, 0.1) is 5.92 Å². The highest BCUT2D eigenvalue weighted by molar-refractivity contribution is 7.90. The molecular formula is C18H23N3O4S. The van der Waals surface area contributed by atoms with Crippen LogP contribution in [0.15, 0.2) is 24.5 Å². The summed E-state index contributed by atoms with van der Waals surface area (Å²) < 4.78 is 34.0. The third-order valence-electron chi connectivity index (χ3n) is 6.39. The minimum atomic E-state index is -3.44. The highest BCUT2D eigenvalue weighted by Crippen LogP contribution is 2.47. The molecule has 4 aliphatic rings. The van der Waals surface area contributed by atoms with Crippen LogP contribution in [-0.4, -0.2) is 65.1 Å². The van der Waals surface area contributed by atoms with Crippen molar-refractivity contribution in [3.05, 3.63) is 30.1 Å². The molecule has 3 saturated heterocycles. The van der Waals surface area contributed by atoms with Gasteiger partial charge in [-0.1, -0.05) is 6.42 Å². The van der Waals surface area contributed by atoms with Gasteiger partial charge >= 0.3 is 0 Å². The Balaban J connectivity index is 1.40. The summed E-state index contributed by atoms with van der Waals surface area (Å²) >= 11 is 0. The highest BCUT2D eigenvalue weighted by Gasteiger charge is 2.65. The number of nitrogens with zero attached hydrogens (tertiary/aromatic N) is 3. The fraction of sp³-hybridized carbons (Fsp3) is 0.667. The molecule has 4 fully saturated rings. The summed E-state index contributed by atoms with van der Waals surface area (Å²) in [6.07, 6.45) is 6.71. The van der Waals surface area contributed by atoms with Crippen LogP contribution < -0.4 is 0 Å². The molecule has 140 valence electrons. The third-order valence-corrected chi connectivity index (χ3v) is 8.70. The second-order valence-electron chi connectivity index (χ2n) is 8.04. The maximum atomic E-state index is 13.1. The summed E-state index contributed by atoms with van der Waals surface area (Å²) in [6.45, 7) is 1.59. The highest BCUT2D eigenvalue weighted by atomic mass is 32.2. The van der Waals surface area contributed by atoms with Gasteiger partial charge < -0.3 is 9.64 Å². The molecule has 0 aromatic carbocycles. The van der Waals surface area contributed by atoms with Crippen LogP contribution in [0.2, 0.25) is 0 Å². The van der Waals surface area contributed by atoms with Gasteiger partial charge in [0.15, 0.2) is 0 Å². The summed E-state index contributed by atoms with van der Waals surface area (Å²) in [5.74, 6) is 0.322. The molecule has 1 aromatic rings. The molecule has 8 heteroatoms. The topological polar surface area (TPSA) is 79.8 Å². The Kier molecular flexibility index (Phi) is 3.68. The minimum Gasteiger partial charge on any atom is -0.365 e. The summed E-state index contributed by atoms with van der Waals surface area (Å²) in [5.41, 5.74) is 0.142. The number of ether oxygens (including phenoxy) is 1. The Labute approximate surface area is 153 Å². The first kappa shape index (κ1) is 16.6. The maximum absolute atomic E-state index is 13.1. The first-order valence-corrected chi connectivity index (χ1v) is 10.8. The van der Waals surface area contributed by atoms with E-state index in [-0.39, 0.29) is 17.9 Å².